The number of hydrogen-bond acceptors (Lipinski definition) is 3. The molecular formula is C13H11BrFN3O. The summed E-state index contributed by atoms with van der Waals surface area (Å²) < 4.78 is 14.0. The SMILES string of the molecule is Cc1cc(NC(=O)c2cccc(Br)c2F)ncc1N. The zero-order chi connectivity index (χ0) is 14.0. The topological polar surface area (TPSA) is 68.0 Å². The average Bonchev–Trinajstić information content (AvgIpc) is 2.37. The highest BCUT2D eigenvalue weighted by Gasteiger charge is 2.14. The number of hydrogen-bond donors (Lipinski definition) is 2. The predicted molar refractivity (Wildman–Crippen MR) is 75.4 cm³/mol. The van der Waals surface area contributed by atoms with Gasteiger partial charge in [-0.3, -0.25) is 4.79 Å². The molecule has 0 saturated heterocycles. The fraction of sp³-hybridized carbons (Fsp3) is 0.0769. The summed E-state index contributed by atoms with van der Waals surface area (Å²) in [5.41, 5.74) is 6.91. The Labute approximate surface area is 118 Å². The number of rotatable bonds is 2. The van der Waals surface area contributed by atoms with Crippen molar-refractivity contribution in [1.29, 1.82) is 0 Å². The van der Waals surface area contributed by atoms with Crippen molar-refractivity contribution in [3.8, 4) is 0 Å². The Morgan fingerprint density at radius 3 is 2.89 bits per heavy atom. The maximum Gasteiger partial charge on any atom is 0.259 e. The molecule has 1 heterocycles. The first-order valence-corrected chi connectivity index (χ1v) is 6.26. The van der Waals surface area contributed by atoms with Crippen molar-refractivity contribution in [3.63, 3.8) is 0 Å². The number of halogens is 2. The van der Waals surface area contributed by atoms with Crippen molar-refractivity contribution in [1.82, 2.24) is 4.98 Å². The summed E-state index contributed by atoms with van der Waals surface area (Å²) in [6.45, 7) is 1.80. The van der Waals surface area contributed by atoms with Crippen LogP contribution in [0.3, 0.4) is 0 Å². The summed E-state index contributed by atoms with van der Waals surface area (Å²) in [5.74, 6) is -0.835. The van der Waals surface area contributed by atoms with Gasteiger partial charge < -0.3 is 11.1 Å². The molecule has 0 aliphatic carbocycles. The Morgan fingerprint density at radius 1 is 1.47 bits per heavy atom. The number of nitrogens with zero attached hydrogens (tertiary/aromatic N) is 1. The maximum atomic E-state index is 13.8. The zero-order valence-corrected chi connectivity index (χ0v) is 11.7. The Morgan fingerprint density at radius 2 is 2.21 bits per heavy atom. The summed E-state index contributed by atoms with van der Waals surface area (Å²) in [6.07, 6.45) is 1.45. The van der Waals surface area contributed by atoms with Gasteiger partial charge in [-0.1, -0.05) is 6.07 Å². The van der Waals surface area contributed by atoms with Gasteiger partial charge in [-0.15, -0.1) is 0 Å². The molecule has 1 aromatic heterocycles. The molecule has 1 aromatic carbocycles. The lowest BCUT2D eigenvalue weighted by Gasteiger charge is -2.07. The van der Waals surface area contributed by atoms with E-state index in [1.807, 2.05) is 0 Å². The zero-order valence-electron chi connectivity index (χ0n) is 10.1. The monoisotopic (exact) mass is 323 g/mol. The van der Waals surface area contributed by atoms with Gasteiger partial charge in [0.25, 0.3) is 5.91 Å². The van der Waals surface area contributed by atoms with Crippen LogP contribution in [0, 0.1) is 12.7 Å². The van der Waals surface area contributed by atoms with E-state index in [2.05, 4.69) is 26.2 Å². The van der Waals surface area contributed by atoms with E-state index < -0.39 is 11.7 Å². The normalized spacial score (nSPS) is 10.3. The molecule has 98 valence electrons. The molecule has 0 radical (unpaired) electrons. The van der Waals surface area contributed by atoms with Crippen LogP contribution in [-0.4, -0.2) is 10.9 Å². The molecular weight excluding hydrogens is 313 g/mol. The Kier molecular flexibility index (Phi) is 3.80. The molecule has 6 heteroatoms. The van der Waals surface area contributed by atoms with Crippen LogP contribution in [0.4, 0.5) is 15.9 Å². The summed E-state index contributed by atoms with van der Waals surface area (Å²) >= 11 is 3.03. The minimum absolute atomic E-state index is 0.0503. The van der Waals surface area contributed by atoms with Gasteiger partial charge in [0.2, 0.25) is 0 Å². The van der Waals surface area contributed by atoms with Crippen LogP contribution < -0.4 is 11.1 Å². The molecule has 4 nitrogen and oxygen atoms in total. The lowest BCUT2D eigenvalue weighted by atomic mass is 10.2. The molecule has 19 heavy (non-hydrogen) atoms. The highest BCUT2D eigenvalue weighted by Crippen LogP contribution is 2.20. The summed E-state index contributed by atoms with van der Waals surface area (Å²) in [6, 6.07) is 6.14. The second-order valence-electron chi connectivity index (χ2n) is 3.98. The molecule has 0 bridgehead atoms. The van der Waals surface area contributed by atoms with Crippen molar-refractivity contribution in [2.24, 2.45) is 0 Å². The first-order valence-electron chi connectivity index (χ1n) is 5.46. The van der Waals surface area contributed by atoms with E-state index in [4.69, 9.17) is 5.73 Å². The van der Waals surface area contributed by atoms with Crippen molar-refractivity contribution >= 4 is 33.3 Å². The fourth-order valence-electron chi connectivity index (χ4n) is 1.50. The Hall–Kier alpha value is -1.95. The van der Waals surface area contributed by atoms with Gasteiger partial charge in [0.15, 0.2) is 0 Å². The molecule has 2 rings (SSSR count). The van der Waals surface area contributed by atoms with E-state index in [1.165, 1.54) is 18.3 Å². The summed E-state index contributed by atoms with van der Waals surface area (Å²) in [7, 11) is 0. The van der Waals surface area contributed by atoms with Crippen molar-refractivity contribution in [3.05, 3.63) is 51.9 Å². The minimum atomic E-state index is -0.604. The largest absolute Gasteiger partial charge is 0.397 e. The number of nitrogen functional groups attached to an aromatic ring is 1. The molecule has 0 fully saturated rings. The third-order valence-electron chi connectivity index (χ3n) is 2.59. The van der Waals surface area contributed by atoms with Crippen LogP contribution >= 0.6 is 15.9 Å². The van der Waals surface area contributed by atoms with E-state index in [1.54, 1.807) is 19.1 Å². The third kappa shape index (κ3) is 2.90. The van der Waals surface area contributed by atoms with E-state index in [0.717, 1.165) is 5.56 Å². The number of carbonyl (C=O) groups is 1. The molecule has 0 aliphatic rings. The summed E-state index contributed by atoms with van der Waals surface area (Å²) in [4.78, 5) is 15.9. The highest BCUT2D eigenvalue weighted by atomic mass is 79.9. The second-order valence-corrected chi connectivity index (χ2v) is 4.84. The van der Waals surface area contributed by atoms with Crippen molar-refractivity contribution in [2.45, 2.75) is 6.92 Å². The number of aryl methyl sites for hydroxylation is 1. The predicted octanol–water partition coefficient (Wildman–Crippen LogP) is 3.13. The molecule has 0 aliphatic heterocycles. The Bertz CT molecular complexity index is 646. The van der Waals surface area contributed by atoms with Crippen LogP contribution in [0.15, 0.2) is 34.9 Å². The van der Waals surface area contributed by atoms with Gasteiger partial charge in [0, 0.05) is 0 Å². The molecule has 1 amide bonds. The lowest BCUT2D eigenvalue weighted by Crippen LogP contribution is -2.15. The smallest absolute Gasteiger partial charge is 0.259 e. The van der Waals surface area contributed by atoms with Crippen molar-refractivity contribution < 1.29 is 9.18 Å². The van der Waals surface area contributed by atoms with Crippen LogP contribution in [0.2, 0.25) is 0 Å². The van der Waals surface area contributed by atoms with Gasteiger partial charge in [0.1, 0.15) is 11.6 Å². The highest BCUT2D eigenvalue weighted by molar-refractivity contribution is 9.10. The van der Waals surface area contributed by atoms with Gasteiger partial charge >= 0.3 is 0 Å². The van der Waals surface area contributed by atoms with Gasteiger partial charge in [-0.2, -0.15) is 0 Å². The first kappa shape index (κ1) is 13.5. The van der Waals surface area contributed by atoms with Crippen LogP contribution in [0.1, 0.15) is 15.9 Å². The number of amides is 1. The van der Waals surface area contributed by atoms with Crippen molar-refractivity contribution in [2.75, 3.05) is 11.1 Å². The molecule has 0 saturated carbocycles. The number of benzene rings is 1. The molecule has 2 aromatic rings. The molecule has 3 N–H and O–H groups in total. The number of nitrogens with two attached hydrogens (primary N) is 1. The minimum Gasteiger partial charge on any atom is -0.397 e. The number of aromatic nitrogens is 1. The number of nitrogens with one attached hydrogen (secondary N) is 1. The van der Waals surface area contributed by atoms with Crippen LogP contribution in [0.5, 0.6) is 0 Å². The van der Waals surface area contributed by atoms with Crippen LogP contribution in [-0.2, 0) is 0 Å². The van der Waals surface area contributed by atoms with E-state index in [-0.39, 0.29) is 10.0 Å². The molecule has 0 unspecified atom stereocenters. The number of pyridine rings is 1. The van der Waals surface area contributed by atoms with E-state index in [0.29, 0.717) is 11.5 Å². The number of carbonyl (C=O) groups excluding carboxylic acids is 1. The lowest BCUT2D eigenvalue weighted by molar-refractivity contribution is 0.102. The first-order chi connectivity index (χ1) is 8.99. The average molecular weight is 324 g/mol. The van der Waals surface area contributed by atoms with Gasteiger partial charge in [-0.05, 0) is 46.6 Å². The van der Waals surface area contributed by atoms with Crippen LogP contribution in [0.25, 0.3) is 0 Å². The van der Waals surface area contributed by atoms with E-state index in [9.17, 15) is 9.18 Å². The summed E-state index contributed by atoms with van der Waals surface area (Å²) in [5, 5.41) is 2.53. The van der Waals surface area contributed by atoms with Gasteiger partial charge in [0.05, 0.1) is 21.9 Å². The maximum absolute atomic E-state index is 13.8. The van der Waals surface area contributed by atoms with Gasteiger partial charge in [-0.25, -0.2) is 9.37 Å². The molecule has 0 spiro atoms. The number of anilines is 2. The second kappa shape index (κ2) is 5.36. The fourth-order valence-corrected chi connectivity index (χ4v) is 1.86. The molecule has 0 atom stereocenters. The quantitative estimate of drug-likeness (QED) is 0.892. The Balaban J connectivity index is 2.26. The third-order valence-corrected chi connectivity index (χ3v) is 3.20. The standard InChI is InChI=1S/C13H11BrFN3O/c1-7-5-11(17-6-10(7)16)18-13(19)8-3-2-4-9(14)12(8)15/h2-6H,16H2,1H3,(H,17,18,19). The van der Waals surface area contributed by atoms with E-state index >= 15 is 0 Å².